The predicted molar refractivity (Wildman–Crippen MR) is 30.5 cm³/mol. The second-order valence-corrected chi connectivity index (χ2v) is 1.35. The second-order valence-electron chi connectivity index (χ2n) is 1.35. The Morgan fingerprint density at radius 3 is 1.88 bits per heavy atom. The molecular formula is C4H10O3Pb+2. The summed E-state index contributed by atoms with van der Waals surface area (Å²) >= 11 is 0. The van der Waals surface area contributed by atoms with Crippen molar-refractivity contribution in [3.05, 3.63) is 0 Å². The monoisotopic (exact) mass is 314 g/mol. The summed E-state index contributed by atoms with van der Waals surface area (Å²) < 4.78 is 0. The standard InChI is InChI=1S/C4H10O3.Pb/c5-2-1-4(7)3-6;/h4-7H,1-3H2;/q;+2. The number of hydrogen-bond donors (Lipinski definition) is 3. The Hall–Kier alpha value is 0.802. The van der Waals surface area contributed by atoms with Gasteiger partial charge in [-0.05, 0) is 6.42 Å². The number of aliphatic hydroxyl groups excluding tert-OH is 3. The van der Waals surface area contributed by atoms with E-state index in [0.29, 0.717) is 0 Å². The predicted octanol–water partition coefficient (Wildman–Crippen LogP) is -1.66. The zero-order valence-corrected chi connectivity index (χ0v) is 8.43. The van der Waals surface area contributed by atoms with Crippen molar-refractivity contribution in [2.24, 2.45) is 0 Å². The van der Waals surface area contributed by atoms with Crippen LogP contribution in [0.1, 0.15) is 6.42 Å². The third-order valence-electron chi connectivity index (χ3n) is 0.673. The molecular weight excluding hydrogens is 303 g/mol. The van der Waals surface area contributed by atoms with Gasteiger partial charge in [-0.1, -0.05) is 0 Å². The second kappa shape index (κ2) is 7.80. The van der Waals surface area contributed by atoms with E-state index >= 15 is 0 Å². The van der Waals surface area contributed by atoms with Gasteiger partial charge in [0.25, 0.3) is 0 Å². The van der Waals surface area contributed by atoms with E-state index < -0.39 is 6.10 Å². The number of aliphatic hydroxyl groups is 3. The van der Waals surface area contributed by atoms with Crippen LogP contribution in [-0.2, 0) is 0 Å². The SMILES string of the molecule is OCCC(O)CO.[Pb+2]. The molecule has 0 aromatic carbocycles. The molecule has 4 heteroatoms. The van der Waals surface area contributed by atoms with Crippen molar-refractivity contribution >= 4 is 27.3 Å². The Balaban J connectivity index is 0. The molecule has 0 aliphatic heterocycles. The van der Waals surface area contributed by atoms with Gasteiger partial charge >= 0.3 is 27.3 Å². The number of rotatable bonds is 3. The summed E-state index contributed by atoms with van der Waals surface area (Å²) in [6.45, 7) is -0.331. The summed E-state index contributed by atoms with van der Waals surface area (Å²) in [4.78, 5) is 0. The molecule has 3 N–H and O–H groups in total. The summed E-state index contributed by atoms with van der Waals surface area (Å²) in [7, 11) is 0. The molecule has 0 amide bonds. The van der Waals surface area contributed by atoms with E-state index in [1.165, 1.54) is 0 Å². The third-order valence-corrected chi connectivity index (χ3v) is 0.673. The van der Waals surface area contributed by atoms with Crippen LogP contribution in [0, 0.1) is 0 Å². The Labute approximate surface area is 68.5 Å². The fourth-order valence-corrected chi connectivity index (χ4v) is 0.240. The summed E-state index contributed by atoms with van der Waals surface area (Å²) in [5, 5.41) is 24.6. The van der Waals surface area contributed by atoms with Gasteiger partial charge in [-0.15, -0.1) is 0 Å². The molecule has 2 radical (unpaired) electrons. The maximum Gasteiger partial charge on any atom is 2.00 e. The fraction of sp³-hybridized carbons (Fsp3) is 1.00. The summed E-state index contributed by atoms with van der Waals surface area (Å²) in [5.74, 6) is 0. The van der Waals surface area contributed by atoms with Gasteiger partial charge in [0.05, 0.1) is 12.7 Å². The molecule has 0 heterocycles. The Morgan fingerprint density at radius 2 is 1.75 bits per heavy atom. The molecule has 0 saturated heterocycles. The topological polar surface area (TPSA) is 60.7 Å². The van der Waals surface area contributed by atoms with Gasteiger partial charge in [0.1, 0.15) is 0 Å². The average molecular weight is 313 g/mol. The molecule has 0 spiro atoms. The Morgan fingerprint density at radius 1 is 1.25 bits per heavy atom. The fourth-order valence-electron chi connectivity index (χ4n) is 0.240. The summed E-state index contributed by atoms with van der Waals surface area (Å²) in [5.41, 5.74) is 0. The normalized spacial score (nSPS) is 12.4. The maximum absolute atomic E-state index is 8.45. The molecule has 0 aromatic heterocycles. The van der Waals surface area contributed by atoms with Gasteiger partial charge in [0, 0.05) is 6.61 Å². The van der Waals surface area contributed by atoms with Crippen molar-refractivity contribution in [1.29, 1.82) is 0 Å². The first kappa shape index (κ1) is 11.6. The van der Waals surface area contributed by atoms with Crippen LogP contribution < -0.4 is 0 Å². The summed E-state index contributed by atoms with van der Waals surface area (Å²) in [6.07, 6.45) is -0.485. The van der Waals surface area contributed by atoms with E-state index in [2.05, 4.69) is 0 Å². The first-order valence-corrected chi connectivity index (χ1v) is 2.21. The van der Waals surface area contributed by atoms with Crippen LogP contribution in [-0.4, -0.2) is 61.9 Å². The molecule has 0 aliphatic rings. The van der Waals surface area contributed by atoms with Gasteiger partial charge in [0.2, 0.25) is 0 Å². The van der Waals surface area contributed by atoms with Crippen molar-refractivity contribution in [3.8, 4) is 0 Å². The van der Waals surface area contributed by atoms with Crippen LogP contribution in [0.15, 0.2) is 0 Å². The minimum atomic E-state index is -0.745. The van der Waals surface area contributed by atoms with Crippen molar-refractivity contribution in [3.63, 3.8) is 0 Å². The minimum Gasteiger partial charge on any atom is -0.396 e. The van der Waals surface area contributed by atoms with Crippen LogP contribution in [0.3, 0.4) is 0 Å². The van der Waals surface area contributed by atoms with E-state index in [1.807, 2.05) is 0 Å². The van der Waals surface area contributed by atoms with Crippen molar-refractivity contribution in [2.45, 2.75) is 12.5 Å². The molecule has 0 aliphatic carbocycles. The molecule has 1 unspecified atom stereocenters. The van der Waals surface area contributed by atoms with E-state index in [1.54, 1.807) is 0 Å². The first-order chi connectivity index (χ1) is 3.31. The van der Waals surface area contributed by atoms with Gasteiger partial charge < -0.3 is 15.3 Å². The van der Waals surface area contributed by atoms with Crippen molar-refractivity contribution in [2.75, 3.05) is 13.2 Å². The molecule has 0 fully saturated rings. The zero-order valence-electron chi connectivity index (χ0n) is 4.54. The van der Waals surface area contributed by atoms with E-state index in [4.69, 9.17) is 15.3 Å². The quantitative estimate of drug-likeness (QED) is 0.547. The van der Waals surface area contributed by atoms with Crippen LogP contribution in [0.4, 0.5) is 0 Å². The van der Waals surface area contributed by atoms with Gasteiger partial charge in [-0.2, -0.15) is 0 Å². The minimum absolute atomic E-state index is 0. The van der Waals surface area contributed by atoms with Crippen LogP contribution in [0.25, 0.3) is 0 Å². The molecule has 8 heavy (non-hydrogen) atoms. The van der Waals surface area contributed by atoms with E-state index in [-0.39, 0.29) is 46.9 Å². The van der Waals surface area contributed by atoms with Gasteiger partial charge in [-0.3, -0.25) is 0 Å². The van der Waals surface area contributed by atoms with Crippen LogP contribution in [0.2, 0.25) is 0 Å². The molecule has 46 valence electrons. The first-order valence-electron chi connectivity index (χ1n) is 2.21. The van der Waals surface area contributed by atoms with E-state index in [9.17, 15) is 0 Å². The smallest absolute Gasteiger partial charge is 0.396 e. The maximum atomic E-state index is 8.45. The van der Waals surface area contributed by atoms with Crippen molar-refractivity contribution < 1.29 is 15.3 Å². The molecule has 1 atom stereocenters. The molecule has 0 rings (SSSR count). The molecule has 3 nitrogen and oxygen atoms in total. The Kier molecular flexibility index (Phi) is 11.3. The largest absolute Gasteiger partial charge is 2.00 e. The molecule has 0 saturated carbocycles. The number of hydrogen-bond acceptors (Lipinski definition) is 3. The van der Waals surface area contributed by atoms with Crippen molar-refractivity contribution in [1.82, 2.24) is 0 Å². The Bertz CT molecular complexity index is 42.3. The van der Waals surface area contributed by atoms with E-state index in [0.717, 1.165) is 0 Å². The third kappa shape index (κ3) is 6.80. The summed E-state index contributed by atoms with van der Waals surface area (Å²) in [6, 6.07) is 0. The molecule has 0 aromatic rings. The van der Waals surface area contributed by atoms with Gasteiger partial charge in [0.15, 0.2) is 0 Å². The molecule has 0 bridgehead atoms. The van der Waals surface area contributed by atoms with Gasteiger partial charge in [-0.25, -0.2) is 0 Å². The van der Waals surface area contributed by atoms with Crippen LogP contribution in [0.5, 0.6) is 0 Å². The average Bonchev–Trinajstić information content (AvgIpc) is 1.68. The zero-order chi connectivity index (χ0) is 5.70. The van der Waals surface area contributed by atoms with Crippen LogP contribution >= 0.6 is 0 Å².